The summed E-state index contributed by atoms with van der Waals surface area (Å²) in [6.07, 6.45) is 0.605. The molecule has 0 radical (unpaired) electrons. The normalized spacial score (nSPS) is 14.7. The van der Waals surface area contributed by atoms with Crippen LogP contribution in [0.1, 0.15) is 19.8 Å². The fourth-order valence-electron chi connectivity index (χ4n) is 1.41. The van der Waals surface area contributed by atoms with Crippen LogP contribution in [0.2, 0.25) is 0 Å². The van der Waals surface area contributed by atoms with E-state index in [0.717, 1.165) is 0 Å². The lowest BCUT2D eigenvalue weighted by Crippen LogP contribution is -2.42. The van der Waals surface area contributed by atoms with Gasteiger partial charge >= 0.3 is 0 Å². The molecule has 0 aliphatic rings. The lowest BCUT2D eigenvalue weighted by atomic mass is 9.93. The Labute approximate surface area is 90.6 Å². The first-order valence-electron chi connectivity index (χ1n) is 5.23. The molecule has 0 fully saturated rings. The molecule has 2 atom stereocenters. The second-order valence-electron chi connectivity index (χ2n) is 3.50. The largest absolute Gasteiger partial charge is 0.330 e. The van der Waals surface area contributed by atoms with Crippen LogP contribution in [0.25, 0.3) is 0 Å². The van der Waals surface area contributed by atoms with Crippen molar-refractivity contribution in [2.75, 3.05) is 20.1 Å². The lowest BCUT2D eigenvalue weighted by Gasteiger charge is -2.16. The monoisotopic (exact) mass is 215 g/mol. The fourth-order valence-corrected chi connectivity index (χ4v) is 1.41. The van der Waals surface area contributed by atoms with E-state index in [-0.39, 0.29) is 43.0 Å². The third-order valence-corrected chi connectivity index (χ3v) is 2.51. The summed E-state index contributed by atoms with van der Waals surface area (Å²) in [6, 6.07) is -0.372. The first-order valence-corrected chi connectivity index (χ1v) is 5.23. The van der Waals surface area contributed by atoms with Crippen LogP contribution in [0.5, 0.6) is 0 Å². The molecule has 0 bridgehead atoms. The van der Waals surface area contributed by atoms with Gasteiger partial charge in [-0.05, 0) is 7.05 Å². The van der Waals surface area contributed by atoms with E-state index >= 15 is 0 Å². The van der Waals surface area contributed by atoms with Gasteiger partial charge in [-0.15, -0.1) is 0 Å². The van der Waals surface area contributed by atoms with Gasteiger partial charge in [0.05, 0.1) is 6.04 Å². The summed E-state index contributed by atoms with van der Waals surface area (Å²) < 4.78 is 0. The van der Waals surface area contributed by atoms with Crippen molar-refractivity contribution in [2.45, 2.75) is 25.8 Å². The number of hydrogen-bond acceptors (Lipinski definition) is 5. The van der Waals surface area contributed by atoms with Gasteiger partial charge in [0.15, 0.2) is 5.78 Å². The van der Waals surface area contributed by atoms with Crippen LogP contribution in [0.4, 0.5) is 0 Å². The number of nitrogens with one attached hydrogen (secondary N) is 1. The summed E-state index contributed by atoms with van der Waals surface area (Å²) in [5, 5.41) is 2.81. The van der Waals surface area contributed by atoms with Gasteiger partial charge in [-0.3, -0.25) is 9.59 Å². The molecule has 15 heavy (non-hydrogen) atoms. The average Bonchev–Trinajstić information content (AvgIpc) is 2.26. The SMILES string of the molecule is CCC(=O)C(CN)CC(=O)C(CN)NC. The number of rotatable bonds is 8. The molecule has 0 aromatic rings. The summed E-state index contributed by atoms with van der Waals surface area (Å²) in [5.41, 5.74) is 10.9. The number of ketones is 2. The fraction of sp³-hybridized carbons (Fsp3) is 0.800. The molecule has 0 saturated heterocycles. The molecular formula is C10H21N3O2. The Morgan fingerprint density at radius 3 is 2.13 bits per heavy atom. The van der Waals surface area contributed by atoms with Crippen LogP contribution in [-0.2, 0) is 9.59 Å². The van der Waals surface area contributed by atoms with Gasteiger partial charge in [0.2, 0.25) is 0 Å². The molecule has 5 N–H and O–H groups in total. The third kappa shape index (κ3) is 4.51. The average molecular weight is 215 g/mol. The molecule has 5 nitrogen and oxygen atoms in total. The van der Waals surface area contributed by atoms with Gasteiger partial charge in [0.1, 0.15) is 5.78 Å². The highest BCUT2D eigenvalue weighted by Gasteiger charge is 2.22. The minimum Gasteiger partial charge on any atom is -0.330 e. The molecule has 5 heteroatoms. The molecular weight excluding hydrogens is 194 g/mol. The topological polar surface area (TPSA) is 98.2 Å². The van der Waals surface area contributed by atoms with Crippen molar-refractivity contribution in [1.29, 1.82) is 0 Å². The van der Waals surface area contributed by atoms with Crippen molar-refractivity contribution < 1.29 is 9.59 Å². The third-order valence-electron chi connectivity index (χ3n) is 2.51. The summed E-state index contributed by atoms with van der Waals surface area (Å²) in [7, 11) is 1.68. The van der Waals surface area contributed by atoms with E-state index in [1.54, 1.807) is 14.0 Å². The Morgan fingerprint density at radius 1 is 1.20 bits per heavy atom. The summed E-state index contributed by atoms with van der Waals surface area (Å²) in [6.45, 7) is 2.24. The van der Waals surface area contributed by atoms with E-state index in [1.165, 1.54) is 0 Å². The number of likely N-dealkylation sites (N-methyl/N-ethyl adjacent to an activating group) is 1. The quantitative estimate of drug-likeness (QED) is 0.485. The molecule has 0 aliphatic carbocycles. The summed E-state index contributed by atoms with van der Waals surface area (Å²) >= 11 is 0. The van der Waals surface area contributed by atoms with Crippen LogP contribution in [-0.4, -0.2) is 37.7 Å². The molecule has 0 aliphatic heterocycles. The number of carbonyl (C=O) groups is 2. The highest BCUT2D eigenvalue weighted by molar-refractivity contribution is 5.90. The Morgan fingerprint density at radius 2 is 1.80 bits per heavy atom. The van der Waals surface area contributed by atoms with Crippen molar-refractivity contribution in [3.05, 3.63) is 0 Å². The predicted octanol–water partition coefficient (Wildman–Crippen LogP) is -0.954. The lowest BCUT2D eigenvalue weighted by molar-refractivity contribution is -0.128. The molecule has 0 saturated carbocycles. The van der Waals surface area contributed by atoms with E-state index in [1.807, 2.05) is 0 Å². The van der Waals surface area contributed by atoms with Crippen LogP contribution in [0.15, 0.2) is 0 Å². The Kier molecular flexibility index (Phi) is 7.11. The summed E-state index contributed by atoms with van der Waals surface area (Å²) in [4.78, 5) is 23.0. The maximum Gasteiger partial charge on any atom is 0.151 e. The highest BCUT2D eigenvalue weighted by Crippen LogP contribution is 2.07. The van der Waals surface area contributed by atoms with Crippen molar-refractivity contribution in [2.24, 2.45) is 17.4 Å². The van der Waals surface area contributed by atoms with Crippen molar-refractivity contribution in [3.63, 3.8) is 0 Å². The van der Waals surface area contributed by atoms with E-state index in [4.69, 9.17) is 11.5 Å². The van der Waals surface area contributed by atoms with E-state index in [2.05, 4.69) is 5.32 Å². The van der Waals surface area contributed by atoms with E-state index < -0.39 is 0 Å². The van der Waals surface area contributed by atoms with Crippen LogP contribution in [0, 0.1) is 5.92 Å². The molecule has 0 aromatic heterocycles. The van der Waals surface area contributed by atoms with E-state index in [9.17, 15) is 9.59 Å². The first-order chi connectivity index (χ1) is 7.10. The Hall–Kier alpha value is -0.780. The van der Waals surface area contributed by atoms with E-state index in [0.29, 0.717) is 6.42 Å². The predicted molar refractivity (Wildman–Crippen MR) is 59.4 cm³/mol. The minimum atomic E-state index is -0.372. The summed E-state index contributed by atoms with van der Waals surface area (Å²) in [5.74, 6) is -0.361. The minimum absolute atomic E-state index is 0.0396. The molecule has 88 valence electrons. The number of nitrogens with two attached hydrogens (primary N) is 2. The molecule has 0 aromatic carbocycles. The molecule has 0 rings (SSSR count). The molecule has 0 heterocycles. The number of hydrogen-bond donors (Lipinski definition) is 3. The van der Waals surface area contributed by atoms with Crippen LogP contribution in [0.3, 0.4) is 0 Å². The maximum absolute atomic E-state index is 11.6. The number of Topliss-reactive ketones (excluding diaryl/α,β-unsaturated/α-hetero) is 2. The second-order valence-corrected chi connectivity index (χ2v) is 3.50. The molecule has 2 unspecified atom stereocenters. The zero-order valence-electron chi connectivity index (χ0n) is 9.45. The standard InChI is InChI=1S/C10H21N3O2/c1-3-9(14)7(5-11)4-10(15)8(6-12)13-2/h7-8,13H,3-6,11-12H2,1-2H3. The van der Waals surface area contributed by atoms with Gasteiger partial charge in [0, 0.05) is 31.8 Å². The second kappa shape index (κ2) is 7.50. The molecule has 0 spiro atoms. The van der Waals surface area contributed by atoms with Crippen LogP contribution < -0.4 is 16.8 Å². The Bertz CT molecular complexity index is 215. The van der Waals surface area contributed by atoms with Gasteiger partial charge in [-0.2, -0.15) is 0 Å². The van der Waals surface area contributed by atoms with Gasteiger partial charge in [-0.1, -0.05) is 6.92 Å². The van der Waals surface area contributed by atoms with Gasteiger partial charge in [0.25, 0.3) is 0 Å². The Balaban J connectivity index is 4.29. The van der Waals surface area contributed by atoms with Crippen molar-refractivity contribution >= 4 is 11.6 Å². The van der Waals surface area contributed by atoms with Crippen molar-refractivity contribution in [1.82, 2.24) is 5.32 Å². The van der Waals surface area contributed by atoms with Crippen LogP contribution >= 0.6 is 0 Å². The zero-order valence-corrected chi connectivity index (χ0v) is 9.45. The number of carbonyl (C=O) groups excluding carboxylic acids is 2. The van der Waals surface area contributed by atoms with Crippen molar-refractivity contribution in [3.8, 4) is 0 Å². The van der Waals surface area contributed by atoms with Gasteiger partial charge in [-0.25, -0.2) is 0 Å². The smallest absolute Gasteiger partial charge is 0.151 e. The van der Waals surface area contributed by atoms with Gasteiger partial charge < -0.3 is 16.8 Å². The molecule has 0 amide bonds. The first kappa shape index (κ1) is 14.2. The highest BCUT2D eigenvalue weighted by atomic mass is 16.1. The zero-order chi connectivity index (χ0) is 11.8. The maximum atomic E-state index is 11.6.